The van der Waals surface area contributed by atoms with Crippen molar-refractivity contribution in [1.82, 2.24) is 0 Å². The van der Waals surface area contributed by atoms with Crippen molar-refractivity contribution in [2.45, 2.75) is 56.3 Å². The average Bonchev–Trinajstić information content (AvgIpc) is 2.79. The molecule has 1 aromatic rings. The number of para-hydroxylation sites is 1. The molecule has 6 atom stereocenters. The topological polar surface area (TPSA) is 129 Å². The van der Waals surface area contributed by atoms with Crippen LogP contribution in [0.15, 0.2) is 18.2 Å². The van der Waals surface area contributed by atoms with E-state index in [1.807, 2.05) is 0 Å². The van der Waals surface area contributed by atoms with Gasteiger partial charge in [0.1, 0.15) is 36.1 Å². The van der Waals surface area contributed by atoms with Gasteiger partial charge in [0, 0.05) is 5.56 Å². The quantitative estimate of drug-likeness (QED) is 0.476. The Hall–Kier alpha value is -1.42. The summed E-state index contributed by atoms with van der Waals surface area (Å²) in [5.41, 5.74) is -0.293. The van der Waals surface area contributed by atoms with Crippen LogP contribution in [0.2, 0.25) is 0 Å². The van der Waals surface area contributed by atoms with Crippen molar-refractivity contribution in [3.8, 4) is 11.5 Å². The summed E-state index contributed by atoms with van der Waals surface area (Å²) in [6, 6.07) is 4.94. The summed E-state index contributed by atoms with van der Waals surface area (Å²) in [5, 5.41) is 49.2. The second-order valence-corrected chi connectivity index (χ2v) is 6.60. The molecule has 1 saturated heterocycles. The lowest BCUT2D eigenvalue weighted by molar-refractivity contribution is -0.277. The van der Waals surface area contributed by atoms with E-state index in [4.69, 9.17) is 14.2 Å². The maximum absolute atomic E-state index is 10.3. The third-order valence-electron chi connectivity index (χ3n) is 4.42. The van der Waals surface area contributed by atoms with Gasteiger partial charge in [-0.1, -0.05) is 12.1 Å². The number of aliphatic hydroxyl groups is 5. The Bertz CT molecular complexity index is 602. The molecule has 8 nitrogen and oxygen atoms in total. The van der Waals surface area contributed by atoms with Gasteiger partial charge in [-0.25, -0.2) is 0 Å². The number of fused-ring (bicyclic) bond motifs is 1. The first-order valence-electron chi connectivity index (χ1n) is 7.73. The molecular weight excluding hydrogens is 320 g/mol. The number of aliphatic hydroxyl groups excluding tert-OH is 5. The second-order valence-electron chi connectivity index (χ2n) is 6.60. The number of rotatable bonds is 3. The first kappa shape index (κ1) is 17.4. The van der Waals surface area contributed by atoms with E-state index in [1.165, 1.54) is 0 Å². The summed E-state index contributed by atoms with van der Waals surface area (Å²) in [6.45, 7) is 2.92. The van der Waals surface area contributed by atoms with E-state index in [0.29, 0.717) is 11.3 Å². The van der Waals surface area contributed by atoms with Crippen molar-refractivity contribution in [3.05, 3.63) is 23.8 Å². The molecule has 1 aromatic carbocycles. The van der Waals surface area contributed by atoms with Crippen LogP contribution in [0.4, 0.5) is 0 Å². The van der Waals surface area contributed by atoms with Gasteiger partial charge in [0.15, 0.2) is 11.5 Å². The smallest absolute Gasteiger partial charge is 0.229 e. The Morgan fingerprint density at radius 1 is 1.08 bits per heavy atom. The van der Waals surface area contributed by atoms with Gasteiger partial charge in [-0.3, -0.25) is 0 Å². The van der Waals surface area contributed by atoms with E-state index >= 15 is 0 Å². The molecule has 134 valence electrons. The van der Waals surface area contributed by atoms with Crippen molar-refractivity contribution in [3.63, 3.8) is 0 Å². The Morgan fingerprint density at radius 2 is 1.79 bits per heavy atom. The highest BCUT2D eigenvalue weighted by atomic mass is 16.7. The minimum absolute atomic E-state index is 0.224. The minimum atomic E-state index is -1.53. The Morgan fingerprint density at radius 3 is 2.46 bits per heavy atom. The fourth-order valence-electron chi connectivity index (χ4n) is 2.93. The van der Waals surface area contributed by atoms with E-state index in [1.54, 1.807) is 32.0 Å². The van der Waals surface area contributed by atoms with Crippen molar-refractivity contribution >= 4 is 0 Å². The number of hydrogen-bond donors (Lipinski definition) is 5. The lowest BCUT2D eigenvalue weighted by Crippen LogP contribution is -2.60. The van der Waals surface area contributed by atoms with Gasteiger partial charge < -0.3 is 39.7 Å². The van der Waals surface area contributed by atoms with Crippen LogP contribution < -0.4 is 9.47 Å². The van der Waals surface area contributed by atoms with Crippen LogP contribution in [0.1, 0.15) is 25.5 Å². The molecule has 24 heavy (non-hydrogen) atoms. The zero-order valence-corrected chi connectivity index (χ0v) is 13.4. The SMILES string of the molecule is CC1(C)Oc2c(O[C@@H]3O[C@H](CO)[C@@H](O)[C@H](O)[C@H]3O)cccc2C1O. The molecule has 2 aliphatic heterocycles. The molecule has 1 fully saturated rings. The number of hydrogen-bond acceptors (Lipinski definition) is 8. The van der Waals surface area contributed by atoms with Crippen molar-refractivity contribution < 1.29 is 39.7 Å². The van der Waals surface area contributed by atoms with Crippen LogP contribution in [-0.2, 0) is 4.74 Å². The van der Waals surface area contributed by atoms with E-state index in [0.717, 1.165) is 0 Å². The minimum Gasteiger partial charge on any atom is -0.480 e. The maximum atomic E-state index is 10.3. The molecule has 0 amide bonds. The summed E-state index contributed by atoms with van der Waals surface area (Å²) in [4.78, 5) is 0. The standard InChI is InChI=1S/C16H22O8/c1-16(2)14(21)7-4-3-5-8(13(7)24-16)22-15-12(20)11(19)10(18)9(6-17)23-15/h3-5,9-12,14-15,17-21H,6H2,1-2H3/t9-,10-,11+,12-,14?,15-/m1/s1. The van der Waals surface area contributed by atoms with Crippen LogP contribution >= 0.6 is 0 Å². The van der Waals surface area contributed by atoms with Crippen LogP contribution in [0.5, 0.6) is 11.5 Å². The van der Waals surface area contributed by atoms with E-state index in [2.05, 4.69) is 0 Å². The summed E-state index contributed by atoms with van der Waals surface area (Å²) < 4.78 is 16.7. The number of ether oxygens (including phenoxy) is 3. The van der Waals surface area contributed by atoms with Crippen molar-refractivity contribution in [1.29, 1.82) is 0 Å². The number of benzene rings is 1. The highest BCUT2D eigenvalue weighted by Gasteiger charge is 2.46. The Kier molecular flexibility index (Phi) is 4.45. The normalized spacial score (nSPS) is 37.6. The molecule has 2 heterocycles. The summed E-state index contributed by atoms with van der Waals surface area (Å²) in [5.74, 6) is 0.549. The zero-order chi connectivity index (χ0) is 17.6. The maximum Gasteiger partial charge on any atom is 0.229 e. The van der Waals surface area contributed by atoms with E-state index in [-0.39, 0.29) is 5.75 Å². The molecule has 1 unspecified atom stereocenters. The van der Waals surface area contributed by atoms with E-state index in [9.17, 15) is 25.5 Å². The molecule has 8 heteroatoms. The van der Waals surface area contributed by atoms with Gasteiger partial charge in [0.05, 0.1) is 6.61 Å². The molecule has 0 spiro atoms. The summed E-state index contributed by atoms with van der Waals surface area (Å²) in [7, 11) is 0. The molecule has 0 bridgehead atoms. The lowest BCUT2D eigenvalue weighted by atomic mass is 9.97. The lowest BCUT2D eigenvalue weighted by Gasteiger charge is -2.39. The monoisotopic (exact) mass is 342 g/mol. The Labute approximate surface area is 138 Å². The fraction of sp³-hybridized carbons (Fsp3) is 0.625. The molecule has 0 saturated carbocycles. The largest absolute Gasteiger partial charge is 0.480 e. The molecular formula is C16H22O8. The zero-order valence-electron chi connectivity index (χ0n) is 13.4. The average molecular weight is 342 g/mol. The summed E-state index contributed by atoms with van der Waals surface area (Å²) in [6.07, 6.45) is -7.71. The molecule has 2 aliphatic rings. The third kappa shape index (κ3) is 2.75. The first-order valence-corrected chi connectivity index (χ1v) is 7.73. The van der Waals surface area contributed by atoms with Crippen molar-refractivity contribution in [2.24, 2.45) is 0 Å². The summed E-state index contributed by atoms with van der Waals surface area (Å²) >= 11 is 0. The van der Waals surface area contributed by atoms with Crippen LogP contribution in [0.25, 0.3) is 0 Å². The highest BCUT2D eigenvalue weighted by Crippen LogP contribution is 2.48. The third-order valence-corrected chi connectivity index (χ3v) is 4.42. The van der Waals surface area contributed by atoms with E-state index < -0.39 is 49.0 Å². The molecule has 3 rings (SSSR count). The van der Waals surface area contributed by atoms with Gasteiger partial charge in [-0.15, -0.1) is 0 Å². The molecule has 0 radical (unpaired) electrons. The predicted octanol–water partition coefficient (Wildman–Crippen LogP) is -0.930. The first-order chi connectivity index (χ1) is 11.3. The molecule has 5 N–H and O–H groups in total. The molecule has 0 aromatic heterocycles. The highest BCUT2D eigenvalue weighted by molar-refractivity contribution is 5.51. The van der Waals surface area contributed by atoms with Crippen LogP contribution in [0.3, 0.4) is 0 Å². The molecule has 0 aliphatic carbocycles. The van der Waals surface area contributed by atoms with Gasteiger partial charge in [0.25, 0.3) is 0 Å². The predicted molar refractivity (Wildman–Crippen MR) is 80.5 cm³/mol. The van der Waals surface area contributed by atoms with Gasteiger partial charge >= 0.3 is 0 Å². The van der Waals surface area contributed by atoms with Gasteiger partial charge in [0.2, 0.25) is 6.29 Å². The van der Waals surface area contributed by atoms with Gasteiger partial charge in [-0.2, -0.15) is 0 Å². The van der Waals surface area contributed by atoms with Crippen LogP contribution in [-0.4, -0.2) is 68.4 Å². The van der Waals surface area contributed by atoms with Crippen LogP contribution in [0, 0.1) is 0 Å². The Balaban J connectivity index is 1.85. The van der Waals surface area contributed by atoms with Gasteiger partial charge in [-0.05, 0) is 19.9 Å². The second kappa shape index (κ2) is 6.14. The fourth-order valence-corrected chi connectivity index (χ4v) is 2.93. The van der Waals surface area contributed by atoms with Crippen molar-refractivity contribution in [2.75, 3.05) is 6.61 Å².